The van der Waals surface area contributed by atoms with Gasteiger partial charge in [0.05, 0.1) is 10.6 Å². The summed E-state index contributed by atoms with van der Waals surface area (Å²) >= 11 is 0. The third-order valence-corrected chi connectivity index (χ3v) is 5.65. The summed E-state index contributed by atoms with van der Waals surface area (Å²) in [5.41, 5.74) is 0.134. The lowest BCUT2D eigenvalue weighted by Gasteiger charge is -2.20. The van der Waals surface area contributed by atoms with Crippen molar-refractivity contribution in [2.75, 3.05) is 11.4 Å². The molecular formula is C18H14FN3O5S. The number of anilines is 1. The van der Waals surface area contributed by atoms with Crippen molar-refractivity contribution in [1.29, 1.82) is 0 Å². The minimum atomic E-state index is -4.07. The van der Waals surface area contributed by atoms with Crippen LogP contribution in [0.2, 0.25) is 0 Å². The first kappa shape index (κ1) is 19.2. The summed E-state index contributed by atoms with van der Waals surface area (Å²) in [7, 11) is -2.75. The lowest BCUT2D eigenvalue weighted by atomic mass is 10.3. The van der Waals surface area contributed by atoms with Crippen molar-refractivity contribution < 1.29 is 22.5 Å². The number of nitrogens with zero attached hydrogens (tertiary/aromatic N) is 3. The number of rotatable bonds is 6. The van der Waals surface area contributed by atoms with Crippen LogP contribution in [0.25, 0.3) is 0 Å². The third-order valence-electron chi connectivity index (χ3n) is 3.83. The van der Waals surface area contributed by atoms with Crippen LogP contribution < -0.4 is 9.04 Å². The molecule has 0 aliphatic carbocycles. The first-order valence-electron chi connectivity index (χ1n) is 7.91. The van der Waals surface area contributed by atoms with Crippen LogP contribution in [0.5, 0.6) is 11.6 Å². The van der Waals surface area contributed by atoms with Gasteiger partial charge in [0.25, 0.3) is 15.7 Å². The van der Waals surface area contributed by atoms with Crippen LogP contribution in [-0.4, -0.2) is 25.4 Å². The topological polar surface area (TPSA) is 103 Å². The average molecular weight is 403 g/mol. The van der Waals surface area contributed by atoms with E-state index in [4.69, 9.17) is 4.74 Å². The van der Waals surface area contributed by atoms with Gasteiger partial charge in [0.1, 0.15) is 22.7 Å². The van der Waals surface area contributed by atoms with Crippen LogP contribution in [0.15, 0.2) is 71.8 Å². The third kappa shape index (κ3) is 3.91. The molecule has 0 aliphatic heterocycles. The monoisotopic (exact) mass is 403 g/mol. The Morgan fingerprint density at radius 1 is 1.07 bits per heavy atom. The molecule has 0 spiro atoms. The highest BCUT2D eigenvalue weighted by Gasteiger charge is 2.24. The summed E-state index contributed by atoms with van der Waals surface area (Å²) in [6.07, 6.45) is 1.07. The first-order chi connectivity index (χ1) is 13.3. The van der Waals surface area contributed by atoms with Gasteiger partial charge in [-0.05, 0) is 36.4 Å². The Morgan fingerprint density at radius 3 is 2.32 bits per heavy atom. The van der Waals surface area contributed by atoms with E-state index >= 15 is 0 Å². The van der Waals surface area contributed by atoms with E-state index in [1.807, 2.05) is 0 Å². The SMILES string of the molecule is CN(c1ccc(Oc2ccc([N+](=O)[O-])cn2)cc1)S(=O)(=O)c1ccccc1F. The average Bonchev–Trinajstić information content (AvgIpc) is 2.68. The maximum atomic E-state index is 13.9. The molecule has 3 aromatic rings. The van der Waals surface area contributed by atoms with Crippen LogP contribution in [0, 0.1) is 15.9 Å². The van der Waals surface area contributed by atoms with E-state index in [9.17, 15) is 22.9 Å². The van der Waals surface area contributed by atoms with Crippen molar-refractivity contribution in [3.63, 3.8) is 0 Å². The standard InChI is InChI=1S/C18H14FN3O5S/c1-21(28(25,26)17-5-3-2-4-16(17)19)13-6-9-15(10-7-13)27-18-11-8-14(12-20-18)22(23)24/h2-12H,1H3. The van der Waals surface area contributed by atoms with Crippen LogP contribution in [0.3, 0.4) is 0 Å². The van der Waals surface area contributed by atoms with Crippen molar-refractivity contribution in [1.82, 2.24) is 4.98 Å². The largest absolute Gasteiger partial charge is 0.439 e. The van der Waals surface area contributed by atoms with Gasteiger partial charge in [0.2, 0.25) is 5.88 Å². The van der Waals surface area contributed by atoms with Crippen molar-refractivity contribution in [3.8, 4) is 11.6 Å². The number of halogens is 1. The molecule has 0 unspecified atom stereocenters. The highest BCUT2D eigenvalue weighted by molar-refractivity contribution is 7.92. The quantitative estimate of drug-likeness (QED) is 0.459. The minimum absolute atomic E-state index is 0.144. The number of sulfonamides is 1. The van der Waals surface area contributed by atoms with E-state index in [0.29, 0.717) is 11.4 Å². The van der Waals surface area contributed by atoms with Gasteiger partial charge in [-0.25, -0.2) is 17.8 Å². The number of hydrogen-bond acceptors (Lipinski definition) is 6. The zero-order valence-electron chi connectivity index (χ0n) is 14.5. The molecule has 0 bridgehead atoms. The van der Waals surface area contributed by atoms with Crippen molar-refractivity contribution in [2.24, 2.45) is 0 Å². The number of nitro groups is 1. The van der Waals surface area contributed by atoms with Crippen LogP contribution in [0.4, 0.5) is 15.8 Å². The lowest BCUT2D eigenvalue weighted by molar-refractivity contribution is -0.385. The molecule has 0 saturated heterocycles. The summed E-state index contributed by atoms with van der Waals surface area (Å²) in [4.78, 5) is 13.5. The Labute approximate surface area is 160 Å². The molecule has 0 N–H and O–H groups in total. The molecule has 0 amide bonds. The molecule has 0 aliphatic rings. The van der Waals surface area contributed by atoms with Gasteiger partial charge in [0, 0.05) is 19.2 Å². The number of benzene rings is 2. The molecule has 28 heavy (non-hydrogen) atoms. The number of pyridine rings is 1. The molecule has 0 saturated carbocycles. The fraction of sp³-hybridized carbons (Fsp3) is 0.0556. The first-order valence-corrected chi connectivity index (χ1v) is 9.35. The molecule has 0 fully saturated rings. The summed E-state index contributed by atoms with van der Waals surface area (Å²) in [6, 6.07) is 13.7. The van der Waals surface area contributed by atoms with Gasteiger partial charge in [-0.3, -0.25) is 14.4 Å². The minimum Gasteiger partial charge on any atom is -0.439 e. The van der Waals surface area contributed by atoms with Gasteiger partial charge in [-0.2, -0.15) is 0 Å². The molecule has 1 heterocycles. The van der Waals surface area contributed by atoms with Crippen molar-refractivity contribution >= 4 is 21.4 Å². The van der Waals surface area contributed by atoms with E-state index in [1.165, 1.54) is 61.6 Å². The lowest BCUT2D eigenvalue weighted by Crippen LogP contribution is -2.27. The smallest absolute Gasteiger partial charge is 0.287 e. The molecule has 0 radical (unpaired) electrons. The van der Waals surface area contributed by atoms with E-state index in [1.54, 1.807) is 0 Å². The number of hydrogen-bond donors (Lipinski definition) is 0. The molecule has 2 aromatic carbocycles. The van der Waals surface area contributed by atoms with Crippen LogP contribution in [-0.2, 0) is 10.0 Å². The van der Waals surface area contributed by atoms with Gasteiger partial charge >= 0.3 is 0 Å². The van der Waals surface area contributed by atoms with Crippen molar-refractivity contribution in [3.05, 3.63) is 82.8 Å². The summed E-state index contributed by atoms with van der Waals surface area (Å²) < 4.78 is 45.5. The van der Waals surface area contributed by atoms with E-state index in [-0.39, 0.29) is 11.6 Å². The maximum Gasteiger partial charge on any atom is 0.287 e. The van der Waals surface area contributed by atoms with E-state index in [2.05, 4.69) is 4.98 Å². The highest BCUT2D eigenvalue weighted by atomic mass is 32.2. The molecular weight excluding hydrogens is 389 g/mol. The fourth-order valence-corrected chi connectivity index (χ4v) is 3.59. The molecule has 1 aromatic heterocycles. The van der Waals surface area contributed by atoms with Crippen LogP contribution >= 0.6 is 0 Å². The highest BCUT2D eigenvalue weighted by Crippen LogP contribution is 2.27. The zero-order chi connectivity index (χ0) is 20.3. The van der Waals surface area contributed by atoms with Crippen LogP contribution in [0.1, 0.15) is 0 Å². The number of ether oxygens (including phenoxy) is 1. The molecule has 0 atom stereocenters. The summed E-state index contributed by atoms with van der Waals surface area (Å²) in [5, 5.41) is 10.6. The van der Waals surface area contributed by atoms with Gasteiger partial charge in [-0.15, -0.1) is 0 Å². The zero-order valence-corrected chi connectivity index (χ0v) is 15.3. The van der Waals surface area contributed by atoms with Gasteiger partial charge in [-0.1, -0.05) is 12.1 Å². The fourth-order valence-electron chi connectivity index (χ4n) is 2.33. The van der Waals surface area contributed by atoms with Gasteiger partial charge < -0.3 is 4.74 Å². The van der Waals surface area contributed by atoms with Gasteiger partial charge in [0.15, 0.2) is 0 Å². The predicted octanol–water partition coefficient (Wildman–Crippen LogP) is 3.75. The Hall–Kier alpha value is -3.53. The summed E-state index contributed by atoms with van der Waals surface area (Å²) in [5.74, 6) is -0.342. The Bertz CT molecular complexity index is 1100. The number of aromatic nitrogens is 1. The van der Waals surface area contributed by atoms with E-state index < -0.39 is 25.7 Å². The van der Waals surface area contributed by atoms with E-state index in [0.717, 1.165) is 16.6 Å². The van der Waals surface area contributed by atoms with Crippen molar-refractivity contribution in [2.45, 2.75) is 4.90 Å². The molecule has 144 valence electrons. The predicted molar refractivity (Wildman–Crippen MR) is 99.4 cm³/mol. The second-order valence-electron chi connectivity index (χ2n) is 5.61. The molecule has 3 rings (SSSR count). The Balaban J connectivity index is 1.78. The normalized spacial score (nSPS) is 11.1. The molecule has 10 heteroatoms. The second-order valence-corrected chi connectivity index (χ2v) is 7.55. The summed E-state index contributed by atoms with van der Waals surface area (Å²) in [6.45, 7) is 0. The maximum absolute atomic E-state index is 13.9. The Morgan fingerprint density at radius 2 is 1.75 bits per heavy atom. The second kappa shape index (κ2) is 7.61. The Kier molecular flexibility index (Phi) is 5.23. The molecule has 8 nitrogen and oxygen atoms in total.